The van der Waals surface area contributed by atoms with Gasteiger partial charge in [0.05, 0.1) is 13.0 Å². The Morgan fingerprint density at radius 3 is 2.96 bits per heavy atom. The first-order chi connectivity index (χ1) is 11.7. The molecular weight excluding hydrogens is 322 g/mol. The van der Waals surface area contributed by atoms with Gasteiger partial charge in [-0.2, -0.15) is 0 Å². The number of fused-ring (bicyclic) bond motifs is 1. The van der Waals surface area contributed by atoms with Crippen LogP contribution >= 0.6 is 11.3 Å². The fourth-order valence-electron chi connectivity index (χ4n) is 2.93. The molecule has 3 N–H and O–H groups in total. The maximum atomic E-state index is 12.3. The van der Waals surface area contributed by atoms with Crippen molar-refractivity contribution in [2.45, 2.75) is 25.8 Å². The second kappa shape index (κ2) is 6.33. The molecule has 1 aliphatic heterocycles. The third kappa shape index (κ3) is 2.92. The van der Waals surface area contributed by atoms with Gasteiger partial charge in [-0.05, 0) is 18.6 Å². The third-order valence-corrected chi connectivity index (χ3v) is 5.50. The highest BCUT2D eigenvalue weighted by atomic mass is 32.1. The largest absolute Gasteiger partial charge is 0.358 e. The third-order valence-electron chi connectivity index (χ3n) is 4.41. The van der Waals surface area contributed by atoms with E-state index in [1.165, 1.54) is 0 Å². The number of aromatic nitrogens is 3. The molecule has 1 aliphatic rings. The summed E-state index contributed by atoms with van der Waals surface area (Å²) in [6.07, 6.45) is 0.369. The zero-order chi connectivity index (χ0) is 16.5. The molecule has 0 saturated carbocycles. The van der Waals surface area contributed by atoms with E-state index in [1.54, 1.807) is 11.3 Å². The van der Waals surface area contributed by atoms with Crippen LogP contribution in [0.3, 0.4) is 0 Å². The summed E-state index contributed by atoms with van der Waals surface area (Å²) in [6, 6.07) is 8.06. The number of rotatable bonds is 5. The average molecular weight is 341 g/mol. The molecule has 4 rings (SSSR count). The number of aromatic amines is 1. The van der Waals surface area contributed by atoms with E-state index in [4.69, 9.17) is 0 Å². The first kappa shape index (κ1) is 15.3. The van der Waals surface area contributed by atoms with Gasteiger partial charge in [-0.25, -0.2) is 0 Å². The maximum absolute atomic E-state index is 12.3. The van der Waals surface area contributed by atoms with E-state index in [0.717, 1.165) is 45.3 Å². The molecular formula is C17H19N5OS. The molecule has 3 heterocycles. The van der Waals surface area contributed by atoms with Crippen molar-refractivity contribution in [3.63, 3.8) is 0 Å². The van der Waals surface area contributed by atoms with E-state index >= 15 is 0 Å². The highest BCUT2D eigenvalue weighted by Gasteiger charge is 2.23. The van der Waals surface area contributed by atoms with Crippen molar-refractivity contribution in [3.8, 4) is 0 Å². The van der Waals surface area contributed by atoms with Gasteiger partial charge in [-0.1, -0.05) is 29.5 Å². The first-order valence-electron chi connectivity index (χ1n) is 8.06. The highest BCUT2D eigenvalue weighted by Crippen LogP contribution is 2.24. The molecule has 6 nitrogen and oxygen atoms in total. The van der Waals surface area contributed by atoms with Crippen LogP contribution in [0.15, 0.2) is 24.3 Å². The minimum Gasteiger partial charge on any atom is -0.358 e. The lowest BCUT2D eigenvalue weighted by Crippen LogP contribution is -2.39. The molecule has 24 heavy (non-hydrogen) atoms. The van der Waals surface area contributed by atoms with Gasteiger partial charge in [-0.3, -0.25) is 4.79 Å². The van der Waals surface area contributed by atoms with Crippen molar-refractivity contribution < 1.29 is 4.79 Å². The number of nitrogens with one attached hydrogen (secondary N) is 3. The Bertz CT molecular complexity index is 880. The van der Waals surface area contributed by atoms with Crippen LogP contribution in [0.4, 0.5) is 0 Å². The molecule has 3 aromatic rings. The summed E-state index contributed by atoms with van der Waals surface area (Å²) in [6.45, 7) is 4.39. The first-order valence-corrected chi connectivity index (χ1v) is 8.88. The van der Waals surface area contributed by atoms with Gasteiger partial charge in [0.1, 0.15) is 10.0 Å². The van der Waals surface area contributed by atoms with Crippen LogP contribution in [-0.2, 0) is 17.8 Å². The van der Waals surface area contributed by atoms with Gasteiger partial charge in [-0.15, -0.1) is 10.2 Å². The molecule has 1 fully saturated rings. The van der Waals surface area contributed by atoms with Crippen molar-refractivity contribution in [2.75, 3.05) is 13.1 Å². The van der Waals surface area contributed by atoms with E-state index < -0.39 is 0 Å². The fraction of sp³-hybridized carbons (Fsp3) is 0.353. The lowest BCUT2D eigenvalue weighted by molar-refractivity contribution is -0.120. The number of amides is 1. The van der Waals surface area contributed by atoms with Crippen molar-refractivity contribution >= 4 is 28.1 Å². The van der Waals surface area contributed by atoms with Gasteiger partial charge in [0.25, 0.3) is 0 Å². The van der Waals surface area contributed by atoms with Crippen LogP contribution in [0, 0.1) is 6.92 Å². The Morgan fingerprint density at radius 2 is 2.17 bits per heavy atom. The molecule has 0 bridgehead atoms. The summed E-state index contributed by atoms with van der Waals surface area (Å²) in [5, 5.41) is 17.6. The van der Waals surface area contributed by atoms with E-state index in [0.29, 0.717) is 18.9 Å². The second-order valence-corrected chi connectivity index (χ2v) is 7.21. The molecule has 0 unspecified atom stereocenters. The van der Waals surface area contributed by atoms with Crippen LogP contribution in [0.5, 0.6) is 0 Å². The molecule has 0 spiro atoms. The van der Waals surface area contributed by atoms with Gasteiger partial charge >= 0.3 is 0 Å². The Labute approximate surface area is 143 Å². The predicted octanol–water partition coefficient (Wildman–Crippen LogP) is 1.87. The van der Waals surface area contributed by atoms with Crippen LogP contribution in [0.2, 0.25) is 0 Å². The highest BCUT2D eigenvalue weighted by molar-refractivity contribution is 7.11. The van der Waals surface area contributed by atoms with E-state index in [9.17, 15) is 4.79 Å². The molecule has 0 aliphatic carbocycles. The normalized spacial score (nSPS) is 14.7. The summed E-state index contributed by atoms with van der Waals surface area (Å²) >= 11 is 1.59. The molecule has 124 valence electrons. The predicted molar refractivity (Wildman–Crippen MR) is 94.1 cm³/mol. The summed E-state index contributed by atoms with van der Waals surface area (Å²) < 4.78 is 0. The molecule has 1 amide bonds. The van der Waals surface area contributed by atoms with Crippen molar-refractivity contribution in [1.82, 2.24) is 25.8 Å². The smallest absolute Gasteiger partial charge is 0.224 e. The fourth-order valence-corrected chi connectivity index (χ4v) is 3.81. The number of H-pyrrole nitrogens is 1. The number of carbonyl (C=O) groups is 1. The Morgan fingerprint density at radius 1 is 1.33 bits per heavy atom. The zero-order valence-corrected chi connectivity index (χ0v) is 14.2. The van der Waals surface area contributed by atoms with Gasteiger partial charge in [0.2, 0.25) is 5.91 Å². The summed E-state index contributed by atoms with van der Waals surface area (Å²) in [5.74, 6) is 0.491. The number of hydrogen-bond donors (Lipinski definition) is 3. The quantitative estimate of drug-likeness (QED) is 0.662. The Kier molecular flexibility index (Phi) is 4.03. The zero-order valence-electron chi connectivity index (χ0n) is 13.4. The van der Waals surface area contributed by atoms with E-state index in [-0.39, 0.29) is 5.91 Å². The maximum Gasteiger partial charge on any atom is 0.224 e. The minimum atomic E-state index is 0.00455. The Balaban J connectivity index is 1.39. The standard InChI is InChI=1S/C17H19N5OS/c1-10-13(12-4-2-3-5-14(12)20-10)6-15(23)19-9-16-21-22-17(24-16)11-7-18-8-11/h2-5,11,18,20H,6-9H2,1H3,(H,19,23). The summed E-state index contributed by atoms with van der Waals surface area (Å²) in [4.78, 5) is 15.6. The monoisotopic (exact) mass is 341 g/mol. The van der Waals surface area contributed by atoms with E-state index in [1.807, 2.05) is 31.2 Å². The molecule has 1 saturated heterocycles. The minimum absolute atomic E-state index is 0.00455. The van der Waals surface area contributed by atoms with Crippen LogP contribution in [-0.4, -0.2) is 34.2 Å². The molecule has 2 aromatic heterocycles. The van der Waals surface area contributed by atoms with Crippen molar-refractivity contribution in [1.29, 1.82) is 0 Å². The molecule has 0 atom stereocenters. The molecule has 1 aromatic carbocycles. The molecule has 0 radical (unpaired) electrons. The van der Waals surface area contributed by atoms with Crippen LogP contribution in [0.1, 0.15) is 27.2 Å². The van der Waals surface area contributed by atoms with Gasteiger partial charge in [0, 0.05) is 35.6 Å². The van der Waals surface area contributed by atoms with Crippen molar-refractivity contribution in [3.05, 3.63) is 45.5 Å². The van der Waals surface area contributed by atoms with Crippen molar-refractivity contribution in [2.24, 2.45) is 0 Å². The lowest BCUT2D eigenvalue weighted by atomic mass is 10.1. The number of para-hydroxylation sites is 1. The number of benzene rings is 1. The van der Waals surface area contributed by atoms with Gasteiger partial charge in [0.15, 0.2) is 0 Å². The summed E-state index contributed by atoms with van der Waals surface area (Å²) in [5.41, 5.74) is 3.17. The SMILES string of the molecule is Cc1[nH]c2ccccc2c1CC(=O)NCc1nnc(C2CNC2)s1. The lowest BCUT2D eigenvalue weighted by Gasteiger charge is -2.23. The topological polar surface area (TPSA) is 82.7 Å². The number of nitrogens with zero attached hydrogens (tertiary/aromatic N) is 2. The number of hydrogen-bond acceptors (Lipinski definition) is 5. The number of carbonyl (C=O) groups excluding carboxylic acids is 1. The van der Waals surface area contributed by atoms with Crippen LogP contribution < -0.4 is 10.6 Å². The average Bonchev–Trinajstić information content (AvgIpc) is 3.09. The summed E-state index contributed by atoms with van der Waals surface area (Å²) in [7, 11) is 0. The van der Waals surface area contributed by atoms with Gasteiger partial charge < -0.3 is 15.6 Å². The Hall–Kier alpha value is -2.25. The van der Waals surface area contributed by atoms with E-state index in [2.05, 4.69) is 25.8 Å². The van der Waals surface area contributed by atoms with Crippen LogP contribution in [0.25, 0.3) is 10.9 Å². The second-order valence-electron chi connectivity index (χ2n) is 6.12. The molecule has 7 heteroatoms. The number of aryl methyl sites for hydroxylation is 1.